The van der Waals surface area contributed by atoms with Crippen molar-refractivity contribution in [1.82, 2.24) is 9.88 Å². The summed E-state index contributed by atoms with van der Waals surface area (Å²) in [5.74, 6) is 0.892. The van der Waals surface area contributed by atoms with Crippen LogP contribution in [0.3, 0.4) is 0 Å². The third-order valence-corrected chi connectivity index (χ3v) is 5.50. The first-order valence-electron chi connectivity index (χ1n) is 10.1. The van der Waals surface area contributed by atoms with E-state index in [0.29, 0.717) is 6.04 Å². The van der Waals surface area contributed by atoms with Gasteiger partial charge in [-0.15, -0.1) is 0 Å². The van der Waals surface area contributed by atoms with Gasteiger partial charge in [0.15, 0.2) is 0 Å². The van der Waals surface area contributed by atoms with E-state index in [0.717, 1.165) is 42.8 Å². The van der Waals surface area contributed by atoms with Crippen LogP contribution in [0.4, 0.5) is 0 Å². The highest BCUT2D eigenvalue weighted by atomic mass is 16.5. The van der Waals surface area contributed by atoms with Gasteiger partial charge in [0, 0.05) is 24.2 Å². The second kappa shape index (κ2) is 8.53. The molecule has 0 N–H and O–H groups in total. The second-order valence-corrected chi connectivity index (χ2v) is 7.40. The summed E-state index contributed by atoms with van der Waals surface area (Å²) in [6.45, 7) is 5.25. The first-order valence-corrected chi connectivity index (χ1v) is 10.1. The Morgan fingerprint density at radius 3 is 2.52 bits per heavy atom. The maximum Gasteiger partial charge on any atom is 0.145 e. The first kappa shape index (κ1) is 18.0. The van der Waals surface area contributed by atoms with E-state index in [-0.39, 0.29) is 0 Å². The average molecular weight is 361 g/mol. The molecule has 0 atom stereocenters. The Morgan fingerprint density at radius 2 is 1.74 bits per heavy atom. The Labute approximate surface area is 162 Å². The van der Waals surface area contributed by atoms with Gasteiger partial charge in [-0.05, 0) is 55.5 Å². The van der Waals surface area contributed by atoms with Crippen LogP contribution in [-0.2, 0) is 12.8 Å². The van der Waals surface area contributed by atoms with Crippen LogP contribution in [0.2, 0.25) is 0 Å². The van der Waals surface area contributed by atoms with Crippen molar-refractivity contribution in [2.75, 3.05) is 19.7 Å². The quantitative estimate of drug-likeness (QED) is 0.535. The van der Waals surface area contributed by atoms with Gasteiger partial charge < -0.3 is 4.74 Å². The van der Waals surface area contributed by atoms with Crippen LogP contribution >= 0.6 is 0 Å². The van der Waals surface area contributed by atoms with E-state index in [1.807, 2.05) is 24.4 Å². The minimum atomic E-state index is 0.640. The van der Waals surface area contributed by atoms with Gasteiger partial charge in [0.2, 0.25) is 0 Å². The van der Waals surface area contributed by atoms with E-state index in [1.165, 1.54) is 30.4 Å². The van der Waals surface area contributed by atoms with Gasteiger partial charge in [0.1, 0.15) is 11.3 Å². The highest BCUT2D eigenvalue weighted by Gasteiger charge is 2.25. The third kappa shape index (κ3) is 4.14. The van der Waals surface area contributed by atoms with E-state index < -0.39 is 0 Å². The minimum absolute atomic E-state index is 0.640. The van der Waals surface area contributed by atoms with Crippen molar-refractivity contribution in [3.05, 3.63) is 71.9 Å². The molecule has 0 saturated heterocycles. The molecule has 1 heterocycles. The highest BCUT2D eigenvalue weighted by Crippen LogP contribution is 2.26. The molecule has 3 nitrogen and oxygen atoms in total. The standard InChI is InChI=1S/C24H28N2O/c1-2-14-26(22-17-20-8-3-4-9-21(20)18-22)15-7-16-27-23-12-5-10-19-11-6-13-25-24(19)23/h3-6,8-13,22H,2,7,14-18H2,1H3. The summed E-state index contributed by atoms with van der Waals surface area (Å²) < 4.78 is 6.08. The lowest BCUT2D eigenvalue weighted by Gasteiger charge is -2.28. The largest absolute Gasteiger partial charge is 0.491 e. The molecule has 3 heteroatoms. The molecule has 1 aliphatic carbocycles. The molecule has 0 spiro atoms. The molecule has 4 rings (SSSR count). The molecular formula is C24H28N2O. The molecule has 27 heavy (non-hydrogen) atoms. The van der Waals surface area contributed by atoms with Crippen molar-refractivity contribution < 1.29 is 4.74 Å². The monoisotopic (exact) mass is 360 g/mol. The van der Waals surface area contributed by atoms with Crippen molar-refractivity contribution >= 4 is 10.9 Å². The minimum Gasteiger partial charge on any atom is -0.491 e. The van der Waals surface area contributed by atoms with Crippen molar-refractivity contribution in [3.63, 3.8) is 0 Å². The zero-order valence-corrected chi connectivity index (χ0v) is 16.1. The zero-order valence-electron chi connectivity index (χ0n) is 16.1. The molecule has 2 aromatic carbocycles. The molecule has 0 aliphatic heterocycles. The van der Waals surface area contributed by atoms with Crippen molar-refractivity contribution in [1.29, 1.82) is 0 Å². The first-order chi connectivity index (χ1) is 13.3. The molecular weight excluding hydrogens is 332 g/mol. The number of ether oxygens (including phenoxy) is 1. The van der Waals surface area contributed by atoms with Crippen molar-refractivity contribution in [3.8, 4) is 5.75 Å². The molecule has 0 amide bonds. The average Bonchev–Trinajstić information content (AvgIpc) is 3.14. The van der Waals surface area contributed by atoms with Gasteiger partial charge in [-0.1, -0.05) is 49.4 Å². The molecule has 0 fully saturated rings. The smallest absolute Gasteiger partial charge is 0.145 e. The van der Waals surface area contributed by atoms with Crippen LogP contribution < -0.4 is 4.74 Å². The molecule has 0 bridgehead atoms. The fraction of sp³-hybridized carbons (Fsp3) is 0.375. The van der Waals surface area contributed by atoms with E-state index in [1.54, 1.807) is 0 Å². The molecule has 1 aromatic heterocycles. The number of rotatable bonds is 8. The lowest BCUT2D eigenvalue weighted by atomic mass is 10.1. The van der Waals surface area contributed by atoms with Crippen LogP contribution in [0.25, 0.3) is 10.9 Å². The number of nitrogens with zero attached hydrogens (tertiary/aromatic N) is 2. The number of benzene rings is 2. The van der Waals surface area contributed by atoms with Gasteiger partial charge in [-0.3, -0.25) is 9.88 Å². The number of aromatic nitrogens is 1. The maximum absolute atomic E-state index is 6.08. The number of hydrogen-bond donors (Lipinski definition) is 0. The Bertz CT molecular complexity index is 862. The summed E-state index contributed by atoms with van der Waals surface area (Å²) in [5, 5.41) is 1.13. The van der Waals surface area contributed by atoms with Gasteiger partial charge in [0.05, 0.1) is 6.61 Å². The van der Waals surface area contributed by atoms with Crippen molar-refractivity contribution in [2.24, 2.45) is 0 Å². The van der Waals surface area contributed by atoms with Gasteiger partial charge in [-0.25, -0.2) is 0 Å². The van der Waals surface area contributed by atoms with Gasteiger partial charge in [-0.2, -0.15) is 0 Å². The Balaban J connectivity index is 1.33. The van der Waals surface area contributed by atoms with E-state index >= 15 is 0 Å². The van der Waals surface area contributed by atoms with Crippen LogP contribution in [0, 0.1) is 0 Å². The molecule has 1 aliphatic rings. The highest BCUT2D eigenvalue weighted by molar-refractivity contribution is 5.84. The van der Waals surface area contributed by atoms with Crippen molar-refractivity contribution in [2.45, 2.75) is 38.6 Å². The Morgan fingerprint density at radius 1 is 0.963 bits per heavy atom. The topological polar surface area (TPSA) is 25.4 Å². The van der Waals surface area contributed by atoms with Crippen LogP contribution in [0.15, 0.2) is 60.8 Å². The Kier molecular flexibility index (Phi) is 5.69. The number of para-hydroxylation sites is 1. The normalized spacial score (nSPS) is 14.0. The summed E-state index contributed by atoms with van der Waals surface area (Å²) in [6.07, 6.45) is 6.43. The van der Waals surface area contributed by atoms with E-state index in [4.69, 9.17) is 4.74 Å². The summed E-state index contributed by atoms with van der Waals surface area (Å²) in [5.41, 5.74) is 4.01. The summed E-state index contributed by atoms with van der Waals surface area (Å²) >= 11 is 0. The molecule has 140 valence electrons. The lowest BCUT2D eigenvalue weighted by molar-refractivity contribution is 0.182. The van der Waals surface area contributed by atoms with Crippen LogP contribution in [0.5, 0.6) is 5.75 Å². The molecule has 0 saturated carbocycles. The van der Waals surface area contributed by atoms with Crippen LogP contribution in [0.1, 0.15) is 30.9 Å². The predicted octanol–water partition coefficient (Wildman–Crippen LogP) is 4.88. The van der Waals surface area contributed by atoms with Gasteiger partial charge in [0.25, 0.3) is 0 Å². The molecule has 0 radical (unpaired) electrons. The predicted molar refractivity (Wildman–Crippen MR) is 111 cm³/mol. The molecule has 0 unspecified atom stereocenters. The fourth-order valence-electron chi connectivity index (χ4n) is 4.20. The zero-order chi connectivity index (χ0) is 18.5. The SMILES string of the molecule is CCCN(CCCOc1cccc2cccnc12)C1Cc2ccccc2C1. The van der Waals surface area contributed by atoms with Gasteiger partial charge >= 0.3 is 0 Å². The van der Waals surface area contributed by atoms with E-state index in [9.17, 15) is 0 Å². The van der Waals surface area contributed by atoms with Crippen LogP contribution in [-0.4, -0.2) is 35.6 Å². The number of fused-ring (bicyclic) bond motifs is 2. The lowest BCUT2D eigenvalue weighted by Crippen LogP contribution is -2.37. The number of hydrogen-bond acceptors (Lipinski definition) is 3. The second-order valence-electron chi connectivity index (χ2n) is 7.40. The molecule has 3 aromatic rings. The summed E-state index contributed by atoms with van der Waals surface area (Å²) in [6, 6.07) is 19.7. The Hall–Kier alpha value is -2.39. The summed E-state index contributed by atoms with van der Waals surface area (Å²) in [4.78, 5) is 7.13. The third-order valence-electron chi connectivity index (χ3n) is 5.50. The number of pyridine rings is 1. The maximum atomic E-state index is 6.08. The van der Waals surface area contributed by atoms with E-state index in [2.05, 4.69) is 53.2 Å². The fourth-order valence-corrected chi connectivity index (χ4v) is 4.20. The summed E-state index contributed by atoms with van der Waals surface area (Å²) in [7, 11) is 0.